The molecule has 112 valence electrons. The second-order valence-electron chi connectivity index (χ2n) is 4.48. The van der Waals surface area contributed by atoms with Gasteiger partial charge < -0.3 is 24.5 Å². The number of hydrogen-bond acceptors (Lipinski definition) is 4. The van der Waals surface area contributed by atoms with Crippen molar-refractivity contribution >= 4 is 12.0 Å². The minimum Gasteiger partial charge on any atom is -0.480 e. The number of rotatable bonds is 7. The van der Waals surface area contributed by atoms with E-state index in [0.29, 0.717) is 6.54 Å². The molecule has 1 atom stereocenters. The van der Waals surface area contributed by atoms with Gasteiger partial charge in [0, 0.05) is 32.7 Å². The second-order valence-corrected chi connectivity index (χ2v) is 4.48. The van der Waals surface area contributed by atoms with Gasteiger partial charge in [-0.25, -0.2) is 9.59 Å². The third-order valence-electron chi connectivity index (χ3n) is 2.93. The van der Waals surface area contributed by atoms with Crippen LogP contribution >= 0.6 is 0 Å². The van der Waals surface area contributed by atoms with Gasteiger partial charge >= 0.3 is 12.0 Å². The van der Waals surface area contributed by atoms with Gasteiger partial charge in [0.05, 0.1) is 12.8 Å². The minimum atomic E-state index is -1.08. The van der Waals surface area contributed by atoms with E-state index in [0.717, 1.165) is 11.3 Å². The maximum atomic E-state index is 11.9. The number of aliphatic carboxylic acids is 1. The lowest BCUT2D eigenvalue weighted by atomic mass is 10.2. The van der Waals surface area contributed by atoms with Crippen molar-refractivity contribution in [1.82, 2.24) is 10.2 Å². The van der Waals surface area contributed by atoms with Crippen LogP contribution in [0.15, 0.2) is 16.7 Å². The Morgan fingerprint density at radius 1 is 1.55 bits per heavy atom. The molecule has 0 saturated heterocycles. The summed E-state index contributed by atoms with van der Waals surface area (Å²) in [5.74, 6) is -0.345. The Hall–Kier alpha value is -2.02. The molecule has 0 bridgehead atoms. The van der Waals surface area contributed by atoms with Crippen molar-refractivity contribution < 1.29 is 23.8 Å². The Morgan fingerprint density at radius 3 is 2.75 bits per heavy atom. The number of carboxylic acid groups (broad SMARTS) is 1. The van der Waals surface area contributed by atoms with Crippen LogP contribution in [0, 0.1) is 6.92 Å². The number of carbonyl (C=O) groups is 2. The van der Waals surface area contributed by atoms with Crippen molar-refractivity contribution in [3.05, 3.63) is 23.7 Å². The van der Waals surface area contributed by atoms with Crippen LogP contribution in [0.5, 0.6) is 0 Å². The van der Waals surface area contributed by atoms with Gasteiger partial charge in [-0.1, -0.05) is 0 Å². The highest BCUT2D eigenvalue weighted by Crippen LogP contribution is 2.11. The molecule has 20 heavy (non-hydrogen) atoms. The molecule has 1 aromatic rings. The zero-order valence-electron chi connectivity index (χ0n) is 11.9. The fourth-order valence-corrected chi connectivity index (χ4v) is 1.65. The lowest BCUT2D eigenvalue weighted by molar-refractivity contribution is -0.139. The van der Waals surface area contributed by atoms with Crippen LogP contribution < -0.4 is 5.32 Å². The van der Waals surface area contributed by atoms with Crippen LogP contribution in [0.1, 0.15) is 17.7 Å². The molecule has 0 aliphatic carbocycles. The molecule has 0 aliphatic rings. The number of methoxy groups -OCH3 is 1. The number of carboxylic acids is 1. The molecule has 0 saturated carbocycles. The Balaban J connectivity index is 2.55. The van der Waals surface area contributed by atoms with E-state index in [-0.39, 0.29) is 13.0 Å². The first kappa shape index (κ1) is 16.0. The van der Waals surface area contributed by atoms with Gasteiger partial charge in [0.1, 0.15) is 11.8 Å². The minimum absolute atomic E-state index is 0.218. The SMILES string of the molecule is COCCC(NC(=O)N(C)Cc1ccoc1C)C(=O)O. The van der Waals surface area contributed by atoms with Gasteiger partial charge in [-0.2, -0.15) is 0 Å². The van der Waals surface area contributed by atoms with Crippen LogP contribution in [-0.2, 0) is 16.1 Å². The van der Waals surface area contributed by atoms with E-state index in [9.17, 15) is 9.59 Å². The zero-order valence-corrected chi connectivity index (χ0v) is 11.9. The number of carbonyl (C=O) groups excluding carboxylic acids is 1. The molecule has 0 fully saturated rings. The number of nitrogens with one attached hydrogen (secondary N) is 1. The average Bonchev–Trinajstić information content (AvgIpc) is 2.79. The molecule has 1 unspecified atom stereocenters. The number of urea groups is 1. The van der Waals surface area contributed by atoms with E-state index in [1.54, 1.807) is 26.3 Å². The molecule has 1 rings (SSSR count). The highest BCUT2D eigenvalue weighted by atomic mass is 16.5. The maximum Gasteiger partial charge on any atom is 0.326 e. The zero-order chi connectivity index (χ0) is 15.1. The highest BCUT2D eigenvalue weighted by Gasteiger charge is 2.21. The number of amides is 2. The molecule has 2 N–H and O–H groups in total. The summed E-state index contributed by atoms with van der Waals surface area (Å²) in [5.41, 5.74) is 0.881. The van der Waals surface area contributed by atoms with Gasteiger partial charge in [-0.05, 0) is 13.0 Å². The van der Waals surface area contributed by atoms with Gasteiger partial charge in [-0.15, -0.1) is 0 Å². The van der Waals surface area contributed by atoms with Crippen LogP contribution in [0.25, 0.3) is 0 Å². The van der Waals surface area contributed by atoms with E-state index in [1.165, 1.54) is 12.0 Å². The van der Waals surface area contributed by atoms with E-state index in [4.69, 9.17) is 14.3 Å². The number of aryl methyl sites for hydroxylation is 1. The van der Waals surface area contributed by atoms with Gasteiger partial charge in [0.25, 0.3) is 0 Å². The molecular formula is C13H20N2O5. The third-order valence-corrected chi connectivity index (χ3v) is 2.93. The van der Waals surface area contributed by atoms with Crippen molar-refractivity contribution in [3.8, 4) is 0 Å². The summed E-state index contributed by atoms with van der Waals surface area (Å²) >= 11 is 0. The number of ether oxygens (including phenoxy) is 1. The quantitative estimate of drug-likeness (QED) is 0.785. The van der Waals surface area contributed by atoms with E-state index >= 15 is 0 Å². The average molecular weight is 284 g/mol. The van der Waals surface area contributed by atoms with Crippen molar-refractivity contribution in [2.45, 2.75) is 25.9 Å². The molecule has 7 nitrogen and oxygen atoms in total. The Bertz CT molecular complexity index is 457. The summed E-state index contributed by atoms with van der Waals surface area (Å²) < 4.78 is 9.97. The number of hydrogen-bond donors (Lipinski definition) is 2. The molecule has 2 amide bonds. The second kappa shape index (κ2) is 7.54. The number of furan rings is 1. The van der Waals surface area contributed by atoms with E-state index < -0.39 is 18.0 Å². The van der Waals surface area contributed by atoms with Crippen LogP contribution in [-0.4, -0.2) is 48.8 Å². The van der Waals surface area contributed by atoms with Crippen LogP contribution in [0.4, 0.5) is 4.79 Å². The van der Waals surface area contributed by atoms with Gasteiger partial charge in [-0.3, -0.25) is 0 Å². The van der Waals surface area contributed by atoms with Crippen molar-refractivity contribution in [2.75, 3.05) is 20.8 Å². The summed E-state index contributed by atoms with van der Waals surface area (Å²) in [6, 6.07) is 0.364. The Kier molecular flexibility index (Phi) is 6.05. The molecular weight excluding hydrogens is 264 g/mol. The molecule has 1 aromatic heterocycles. The first-order valence-electron chi connectivity index (χ1n) is 6.22. The molecule has 7 heteroatoms. The van der Waals surface area contributed by atoms with Crippen molar-refractivity contribution in [3.63, 3.8) is 0 Å². The van der Waals surface area contributed by atoms with Gasteiger partial charge in [0.2, 0.25) is 0 Å². The summed E-state index contributed by atoms with van der Waals surface area (Å²) in [4.78, 5) is 24.4. The number of nitrogens with zero attached hydrogens (tertiary/aromatic N) is 1. The largest absolute Gasteiger partial charge is 0.480 e. The molecule has 0 spiro atoms. The monoisotopic (exact) mass is 284 g/mol. The highest BCUT2D eigenvalue weighted by molar-refractivity contribution is 5.82. The van der Waals surface area contributed by atoms with E-state index in [2.05, 4.69) is 5.32 Å². The fraction of sp³-hybridized carbons (Fsp3) is 0.538. The van der Waals surface area contributed by atoms with Crippen molar-refractivity contribution in [2.24, 2.45) is 0 Å². The maximum absolute atomic E-state index is 11.9. The lowest BCUT2D eigenvalue weighted by Gasteiger charge is -2.21. The summed E-state index contributed by atoms with van der Waals surface area (Å²) in [6.07, 6.45) is 1.77. The molecule has 0 aromatic carbocycles. The first-order chi connectivity index (χ1) is 9.45. The standard InChI is InChI=1S/C13H20N2O5/c1-9-10(4-7-20-9)8-15(2)13(18)14-11(12(16)17)5-6-19-3/h4,7,11H,5-6,8H2,1-3H3,(H,14,18)(H,16,17). The normalized spacial score (nSPS) is 11.9. The Labute approximate surface area is 117 Å². The Morgan fingerprint density at radius 2 is 2.25 bits per heavy atom. The lowest BCUT2D eigenvalue weighted by Crippen LogP contribution is -2.46. The van der Waals surface area contributed by atoms with Crippen molar-refractivity contribution in [1.29, 1.82) is 0 Å². The van der Waals surface area contributed by atoms with Crippen LogP contribution in [0.2, 0.25) is 0 Å². The predicted molar refractivity (Wildman–Crippen MR) is 71.4 cm³/mol. The first-order valence-corrected chi connectivity index (χ1v) is 6.22. The molecule has 1 heterocycles. The topological polar surface area (TPSA) is 92.0 Å². The van der Waals surface area contributed by atoms with Crippen LogP contribution in [0.3, 0.4) is 0 Å². The summed E-state index contributed by atoms with van der Waals surface area (Å²) in [5, 5.41) is 11.5. The summed E-state index contributed by atoms with van der Waals surface area (Å²) in [7, 11) is 3.07. The predicted octanol–water partition coefficient (Wildman–Crippen LogP) is 1.22. The van der Waals surface area contributed by atoms with Gasteiger partial charge in [0.15, 0.2) is 0 Å². The fourth-order valence-electron chi connectivity index (χ4n) is 1.65. The summed E-state index contributed by atoms with van der Waals surface area (Å²) in [6.45, 7) is 2.42. The third kappa shape index (κ3) is 4.58. The molecule has 0 aliphatic heterocycles. The van der Waals surface area contributed by atoms with E-state index in [1.807, 2.05) is 0 Å². The molecule has 0 radical (unpaired) electrons. The smallest absolute Gasteiger partial charge is 0.326 e.